The summed E-state index contributed by atoms with van der Waals surface area (Å²) in [6.45, 7) is 6.70. The van der Waals surface area contributed by atoms with Crippen LogP contribution in [-0.2, 0) is 22.2 Å². The molecule has 0 aromatic heterocycles. The number of aliphatic hydroxyl groups is 1. The monoisotopic (exact) mass is 532 g/mol. The molecule has 2 radical (unpaired) electrons. The first-order valence-electron chi connectivity index (χ1n) is 13.6. The molecule has 0 bridgehead atoms. The van der Waals surface area contributed by atoms with E-state index in [1.807, 2.05) is 6.07 Å². The van der Waals surface area contributed by atoms with Crippen molar-refractivity contribution in [2.45, 2.75) is 69.9 Å². The van der Waals surface area contributed by atoms with Gasteiger partial charge >= 0.3 is 0 Å². The predicted octanol–water partition coefficient (Wildman–Crippen LogP) is 6.56. The van der Waals surface area contributed by atoms with Crippen molar-refractivity contribution in [3.05, 3.63) is 108 Å². The number of carbonyl (C=O) groups is 1. The lowest BCUT2D eigenvalue weighted by molar-refractivity contribution is -0.123. The number of anilines is 1. The highest BCUT2D eigenvalue weighted by molar-refractivity contribution is 5.93. The summed E-state index contributed by atoms with van der Waals surface area (Å²) in [6, 6.07) is 20.7. The van der Waals surface area contributed by atoms with E-state index in [0.29, 0.717) is 11.3 Å². The fraction of sp³-hybridized carbons (Fsp3) is 0.394. The van der Waals surface area contributed by atoms with Gasteiger partial charge in [-0.3, -0.25) is 4.79 Å². The molecule has 1 aliphatic rings. The predicted molar refractivity (Wildman–Crippen MR) is 151 cm³/mol. The molecule has 39 heavy (non-hydrogen) atoms. The van der Waals surface area contributed by atoms with Gasteiger partial charge in [0.15, 0.2) is 0 Å². The summed E-state index contributed by atoms with van der Waals surface area (Å²) >= 11 is 0. The van der Waals surface area contributed by atoms with Gasteiger partial charge in [0.05, 0.1) is 12.0 Å². The first-order valence-corrected chi connectivity index (χ1v) is 13.6. The molecule has 0 heterocycles. The van der Waals surface area contributed by atoms with Gasteiger partial charge in [0.25, 0.3) is 0 Å². The molecule has 0 aliphatic heterocycles. The average molecular weight is 533 g/mol. The minimum atomic E-state index is -1.10. The third-order valence-electron chi connectivity index (χ3n) is 7.61. The van der Waals surface area contributed by atoms with Crippen molar-refractivity contribution in [3.8, 4) is 0 Å². The van der Waals surface area contributed by atoms with Gasteiger partial charge < -0.3 is 15.7 Å². The molecule has 0 saturated heterocycles. The first-order chi connectivity index (χ1) is 18.6. The smallest absolute Gasteiger partial charge is 0.230 e. The van der Waals surface area contributed by atoms with Crippen molar-refractivity contribution in [3.63, 3.8) is 0 Å². The van der Waals surface area contributed by atoms with Gasteiger partial charge in [-0.15, -0.1) is 0 Å². The van der Waals surface area contributed by atoms with E-state index in [9.17, 15) is 18.7 Å². The van der Waals surface area contributed by atoms with Gasteiger partial charge in [-0.05, 0) is 84.9 Å². The lowest BCUT2D eigenvalue weighted by Crippen LogP contribution is -2.50. The Morgan fingerprint density at radius 1 is 0.974 bits per heavy atom. The van der Waals surface area contributed by atoms with E-state index in [2.05, 4.69) is 62.1 Å². The molecule has 1 amide bonds. The van der Waals surface area contributed by atoms with Gasteiger partial charge in [-0.1, -0.05) is 63.2 Å². The molecule has 0 spiro atoms. The number of carbonyl (C=O) groups excluding carboxylic acids is 1. The van der Waals surface area contributed by atoms with E-state index < -0.39 is 29.6 Å². The van der Waals surface area contributed by atoms with Gasteiger partial charge in [-0.2, -0.15) is 0 Å². The van der Waals surface area contributed by atoms with Crippen molar-refractivity contribution in [2.24, 2.45) is 5.92 Å². The second-order valence-electron chi connectivity index (χ2n) is 11.6. The SMILES string of the molecule is CC(C)(C)c1cccc(C2(NCC(O)C(Cc3cc(F)cc(F)c3)C(=O)Nc3ccccc3)CC[C]CC2)c1. The van der Waals surface area contributed by atoms with Crippen LogP contribution in [0.15, 0.2) is 72.8 Å². The van der Waals surface area contributed by atoms with E-state index in [4.69, 9.17) is 0 Å². The summed E-state index contributed by atoms with van der Waals surface area (Å²) in [5, 5.41) is 17.9. The Bertz CT molecular complexity index is 1230. The van der Waals surface area contributed by atoms with Crippen molar-refractivity contribution in [1.82, 2.24) is 5.32 Å². The fourth-order valence-electron chi connectivity index (χ4n) is 5.29. The van der Waals surface area contributed by atoms with E-state index in [0.717, 1.165) is 37.3 Å². The summed E-state index contributed by atoms with van der Waals surface area (Å²) in [7, 11) is 0. The van der Waals surface area contributed by atoms with Crippen molar-refractivity contribution in [2.75, 3.05) is 11.9 Å². The highest BCUT2D eigenvalue weighted by Gasteiger charge is 2.36. The van der Waals surface area contributed by atoms with Crippen molar-refractivity contribution >= 4 is 11.6 Å². The minimum absolute atomic E-state index is 0.00944. The molecular weight excluding hydrogens is 494 g/mol. The molecular formula is C33H38F2N2O2. The standard InChI is InChI=1S/C33H38F2N2O2/c1-32(2,3)24-11-10-12-25(20-24)33(15-8-5-9-16-33)36-22-30(38)29(19-23-17-26(34)21-27(35)18-23)31(39)37-28-13-6-4-7-14-28/h4,6-7,10-14,17-18,20-21,29-30,36,38H,8-9,15-16,19,22H2,1-3H3,(H,37,39). The lowest BCUT2D eigenvalue weighted by Gasteiger charge is -2.40. The van der Waals surface area contributed by atoms with Crippen LogP contribution in [0.25, 0.3) is 0 Å². The number of hydrogen-bond acceptors (Lipinski definition) is 3. The van der Waals surface area contributed by atoms with Crippen LogP contribution in [0.2, 0.25) is 0 Å². The number of rotatable bonds is 9. The normalized spacial score (nSPS) is 16.9. The molecule has 1 saturated carbocycles. The summed E-state index contributed by atoms with van der Waals surface area (Å²) in [5.74, 6) is -2.77. The van der Waals surface area contributed by atoms with E-state index in [1.165, 1.54) is 17.7 Å². The van der Waals surface area contributed by atoms with Crippen LogP contribution in [0.1, 0.15) is 63.1 Å². The molecule has 3 aromatic carbocycles. The Morgan fingerprint density at radius 3 is 2.28 bits per heavy atom. The first kappa shape index (κ1) is 28.9. The zero-order valence-corrected chi connectivity index (χ0v) is 22.9. The van der Waals surface area contributed by atoms with Crippen molar-refractivity contribution in [1.29, 1.82) is 0 Å². The number of amides is 1. The molecule has 2 unspecified atom stereocenters. The third kappa shape index (κ3) is 7.52. The quantitative estimate of drug-likeness (QED) is 0.292. The molecule has 1 aliphatic carbocycles. The third-order valence-corrected chi connectivity index (χ3v) is 7.61. The number of aliphatic hydroxyl groups excluding tert-OH is 1. The Balaban J connectivity index is 1.58. The average Bonchev–Trinajstić information content (AvgIpc) is 2.90. The van der Waals surface area contributed by atoms with Gasteiger partial charge in [0, 0.05) is 23.8 Å². The van der Waals surface area contributed by atoms with Gasteiger partial charge in [0.2, 0.25) is 5.91 Å². The molecule has 3 N–H and O–H groups in total. The number of benzene rings is 3. The maximum Gasteiger partial charge on any atom is 0.230 e. The van der Waals surface area contributed by atoms with Crippen LogP contribution >= 0.6 is 0 Å². The summed E-state index contributed by atoms with van der Waals surface area (Å²) < 4.78 is 27.9. The fourth-order valence-corrected chi connectivity index (χ4v) is 5.29. The number of hydrogen-bond donors (Lipinski definition) is 3. The number of halogens is 2. The van der Waals surface area contributed by atoms with Crippen LogP contribution in [0.5, 0.6) is 0 Å². The van der Waals surface area contributed by atoms with Crippen molar-refractivity contribution < 1.29 is 18.7 Å². The van der Waals surface area contributed by atoms with Crippen LogP contribution in [0, 0.1) is 24.0 Å². The van der Waals surface area contributed by atoms with Gasteiger partial charge in [0.1, 0.15) is 11.6 Å². The Labute approximate surface area is 230 Å². The highest BCUT2D eigenvalue weighted by Crippen LogP contribution is 2.38. The van der Waals surface area contributed by atoms with Crippen LogP contribution < -0.4 is 10.6 Å². The lowest BCUT2D eigenvalue weighted by atomic mass is 9.74. The Morgan fingerprint density at radius 2 is 1.64 bits per heavy atom. The summed E-state index contributed by atoms with van der Waals surface area (Å²) in [6.07, 6.45) is 5.60. The zero-order chi connectivity index (χ0) is 28.0. The number of nitrogens with one attached hydrogen (secondary N) is 2. The van der Waals surface area contributed by atoms with Crippen LogP contribution in [0.4, 0.5) is 14.5 Å². The second-order valence-corrected chi connectivity index (χ2v) is 11.6. The molecule has 4 nitrogen and oxygen atoms in total. The number of para-hydroxylation sites is 1. The molecule has 206 valence electrons. The van der Waals surface area contributed by atoms with Gasteiger partial charge in [-0.25, -0.2) is 8.78 Å². The summed E-state index contributed by atoms with van der Waals surface area (Å²) in [4.78, 5) is 13.4. The van der Waals surface area contributed by atoms with E-state index in [1.54, 1.807) is 24.3 Å². The summed E-state index contributed by atoms with van der Waals surface area (Å²) in [5.41, 5.74) is 2.90. The molecule has 3 aromatic rings. The molecule has 6 heteroatoms. The Kier molecular flexibility index (Phi) is 9.19. The minimum Gasteiger partial charge on any atom is -0.391 e. The van der Waals surface area contributed by atoms with E-state index >= 15 is 0 Å². The maximum absolute atomic E-state index is 14.0. The second kappa shape index (κ2) is 12.4. The van der Waals surface area contributed by atoms with E-state index in [-0.39, 0.29) is 23.9 Å². The molecule has 1 fully saturated rings. The largest absolute Gasteiger partial charge is 0.391 e. The van der Waals surface area contributed by atoms with Crippen LogP contribution in [0.3, 0.4) is 0 Å². The Hall–Kier alpha value is -3.09. The topological polar surface area (TPSA) is 61.4 Å². The molecule has 4 rings (SSSR count). The maximum atomic E-state index is 14.0. The van der Waals surface area contributed by atoms with Crippen LogP contribution in [-0.4, -0.2) is 23.7 Å². The molecule has 2 atom stereocenters. The highest BCUT2D eigenvalue weighted by atomic mass is 19.1. The zero-order valence-electron chi connectivity index (χ0n) is 22.9.